The molecule has 0 atom stereocenters. The zero-order valence-electron chi connectivity index (χ0n) is 11.1. The van der Waals surface area contributed by atoms with Gasteiger partial charge in [-0.05, 0) is 41.8 Å². The van der Waals surface area contributed by atoms with Gasteiger partial charge in [0, 0.05) is 17.7 Å². The normalized spacial score (nSPS) is 15.0. The predicted octanol–water partition coefficient (Wildman–Crippen LogP) is 5.23. The van der Waals surface area contributed by atoms with Crippen molar-refractivity contribution >= 4 is 57.5 Å². The third-order valence-electron chi connectivity index (χ3n) is 3.28. The number of hydrogen-bond acceptors (Lipinski definition) is 3. The molecule has 0 fully saturated rings. The highest BCUT2D eigenvalue weighted by atomic mass is 35.5. The second-order valence-corrected chi connectivity index (χ2v) is 6.70. The number of nitrogens with zero attached hydrogens (tertiary/aromatic N) is 2. The summed E-state index contributed by atoms with van der Waals surface area (Å²) in [7, 11) is 0. The fraction of sp³-hybridized carbons (Fsp3) is 0.200. The van der Waals surface area contributed by atoms with Crippen molar-refractivity contribution in [3.05, 3.63) is 56.2 Å². The van der Waals surface area contributed by atoms with Crippen molar-refractivity contribution in [2.45, 2.75) is 12.8 Å². The maximum Gasteiger partial charge on any atom is 0.129 e. The maximum absolute atomic E-state index is 6.06. The zero-order valence-corrected chi connectivity index (χ0v) is 14.2. The predicted molar refractivity (Wildman–Crippen MR) is 95.0 cm³/mol. The summed E-state index contributed by atoms with van der Waals surface area (Å²) >= 11 is 19.2. The Morgan fingerprint density at radius 1 is 1.24 bits per heavy atom. The van der Waals surface area contributed by atoms with Crippen LogP contribution in [-0.4, -0.2) is 22.3 Å². The largest absolute Gasteiger partial charge is 0.254 e. The van der Waals surface area contributed by atoms with Gasteiger partial charge >= 0.3 is 0 Å². The molecule has 2 nitrogen and oxygen atoms in total. The summed E-state index contributed by atoms with van der Waals surface area (Å²) in [4.78, 5) is 0.681. The molecule has 0 N–H and O–H groups in total. The molecule has 1 aliphatic rings. The Bertz CT molecular complexity index is 696. The van der Waals surface area contributed by atoms with Crippen molar-refractivity contribution in [1.29, 1.82) is 0 Å². The fourth-order valence-electron chi connectivity index (χ4n) is 2.20. The second-order valence-electron chi connectivity index (χ2n) is 4.72. The Morgan fingerprint density at radius 3 is 2.81 bits per heavy atom. The van der Waals surface area contributed by atoms with E-state index >= 15 is 0 Å². The minimum absolute atomic E-state index is 0.510. The van der Waals surface area contributed by atoms with Crippen LogP contribution in [0.15, 0.2) is 40.1 Å². The van der Waals surface area contributed by atoms with Crippen molar-refractivity contribution in [1.82, 2.24) is 5.01 Å². The molecule has 1 aromatic heterocycles. The van der Waals surface area contributed by atoms with E-state index in [1.54, 1.807) is 23.5 Å². The van der Waals surface area contributed by atoms with Crippen LogP contribution in [0.2, 0.25) is 10.0 Å². The summed E-state index contributed by atoms with van der Waals surface area (Å²) in [6.07, 6.45) is 2.02. The first-order valence-electron chi connectivity index (χ1n) is 6.52. The number of hydrazone groups is 1. The Kier molecular flexibility index (Phi) is 4.60. The van der Waals surface area contributed by atoms with Gasteiger partial charge in [-0.2, -0.15) is 16.4 Å². The lowest BCUT2D eigenvalue weighted by Crippen LogP contribution is -2.31. The van der Waals surface area contributed by atoms with E-state index < -0.39 is 0 Å². The number of thiocarbonyl (C=S) groups is 1. The molecule has 0 spiro atoms. The van der Waals surface area contributed by atoms with Gasteiger partial charge in [0.2, 0.25) is 0 Å². The van der Waals surface area contributed by atoms with Gasteiger partial charge in [-0.3, -0.25) is 5.01 Å². The molecule has 0 unspecified atom stereocenters. The second kappa shape index (κ2) is 6.44. The standard InChI is InChI=1S/C15H12Cl2N2S2/c16-12-4-3-10(8-13(12)17)15(20)19-6-1-2-14(18-19)11-5-7-21-9-11/h3-5,7-9H,1-2,6H2. The lowest BCUT2D eigenvalue weighted by Gasteiger charge is -2.25. The number of halogens is 2. The van der Waals surface area contributed by atoms with Crippen molar-refractivity contribution < 1.29 is 0 Å². The van der Waals surface area contributed by atoms with Crippen LogP contribution >= 0.6 is 46.8 Å². The molecule has 0 amide bonds. The first kappa shape index (κ1) is 15.0. The average Bonchev–Trinajstić information content (AvgIpc) is 3.04. The monoisotopic (exact) mass is 354 g/mol. The van der Waals surface area contributed by atoms with E-state index in [9.17, 15) is 0 Å². The minimum Gasteiger partial charge on any atom is -0.254 e. The summed E-state index contributed by atoms with van der Waals surface area (Å²) in [5.74, 6) is 0. The molecule has 108 valence electrons. The Balaban J connectivity index is 1.87. The van der Waals surface area contributed by atoms with Crippen LogP contribution in [0.1, 0.15) is 24.0 Å². The highest BCUT2D eigenvalue weighted by Gasteiger charge is 2.18. The third-order valence-corrected chi connectivity index (χ3v) is 5.15. The quantitative estimate of drug-likeness (QED) is 0.686. The molecular formula is C15H12Cl2N2S2. The van der Waals surface area contributed by atoms with Crippen molar-refractivity contribution in [3.8, 4) is 0 Å². The number of hydrogen-bond donors (Lipinski definition) is 0. The highest BCUT2D eigenvalue weighted by molar-refractivity contribution is 7.80. The fourth-order valence-corrected chi connectivity index (χ4v) is 3.42. The Hall–Kier alpha value is -0.940. The van der Waals surface area contributed by atoms with Crippen LogP contribution in [0.4, 0.5) is 0 Å². The molecule has 0 radical (unpaired) electrons. The van der Waals surface area contributed by atoms with E-state index in [-0.39, 0.29) is 0 Å². The van der Waals surface area contributed by atoms with Crippen LogP contribution in [0, 0.1) is 0 Å². The first-order chi connectivity index (χ1) is 10.1. The van der Waals surface area contributed by atoms with Gasteiger partial charge < -0.3 is 0 Å². The molecule has 6 heteroatoms. The molecule has 0 aliphatic carbocycles. The lowest BCUT2D eigenvalue weighted by molar-refractivity contribution is 0.425. The lowest BCUT2D eigenvalue weighted by atomic mass is 10.1. The number of rotatable bonds is 2. The van der Waals surface area contributed by atoms with Crippen LogP contribution in [0.25, 0.3) is 0 Å². The van der Waals surface area contributed by atoms with E-state index in [0.717, 1.165) is 30.7 Å². The zero-order chi connectivity index (χ0) is 14.8. The van der Waals surface area contributed by atoms with E-state index in [0.29, 0.717) is 15.0 Å². The van der Waals surface area contributed by atoms with E-state index in [2.05, 4.69) is 16.8 Å². The summed E-state index contributed by atoms with van der Waals surface area (Å²) in [5, 5.41) is 11.8. The van der Waals surface area contributed by atoms with Gasteiger partial charge in [-0.15, -0.1) is 0 Å². The van der Waals surface area contributed by atoms with Gasteiger partial charge in [-0.25, -0.2) is 0 Å². The third kappa shape index (κ3) is 3.29. The molecule has 21 heavy (non-hydrogen) atoms. The molecule has 1 aromatic carbocycles. The number of thiophene rings is 1. The Labute approximate surface area is 143 Å². The summed E-state index contributed by atoms with van der Waals surface area (Å²) < 4.78 is 0. The molecule has 3 rings (SSSR count). The van der Waals surface area contributed by atoms with Crippen molar-refractivity contribution in [2.24, 2.45) is 5.10 Å². The van der Waals surface area contributed by atoms with Crippen molar-refractivity contribution in [3.63, 3.8) is 0 Å². The topological polar surface area (TPSA) is 15.6 Å². The van der Waals surface area contributed by atoms with Crippen LogP contribution in [-0.2, 0) is 0 Å². The van der Waals surface area contributed by atoms with Gasteiger partial charge in [-0.1, -0.05) is 41.5 Å². The summed E-state index contributed by atoms with van der Waals surface area (Å²) in [5.41, 5.74) is 3.14. The van der Waals surface area contributed by atoms with Gasteiger partial charge in [0.15, 0.2) is 0 Å². The average molecular weight is 355 g/mol. The van der Waals surface area contributed by atoms with Crippen LogP contribution in [0.3, 0.4) is 0 Å². The first-order valence-corrected chi connectivity index (χ1v) is 8.63. The Morgan fingerprint density at radius 2 is 2.10 bits per heavy atom. The molecule has 0 saturated heterocycles. The molecular weight excluding hydrogens is 343 g/mol. The molecule has 2 heterocycles. The van der Waals surface area contributed by atoms with E-state index in [1.807, 2.05) is 11.1 Å². The minimum atomic E-state index is 0.510. The van der Waals surface area contributed by atoms with Crippen LogP contribution in [0.5, 0.6) is 0 Å². The van der Waals surface area contributed by atoms with Crippen molar-refractivity contribution in [2.75, 3.05) is 6.54 Å². The van der Waals surface area contributed by atoms with Gasteiger partial charge in [0.1, 0.15) is 4.99 Å². The van der Waals surface area contributed by atoms with Gasteiger partial charge in [0.25, 0.3) is 0 Å². The maximum atomic E-state index is 6.06. The van der Waals surface area contributed by atoms with E-state index in [4.69, 9.17) is 40.5 Å². The SMILES string of the molecule is S=C(c1ccc(Cl)c(Cl)c1)N1CCCC(c2ccsc2)=N1. The molecule has 0 bridgehead atoms. The smallest absolute Gasteiger partial charge is 0.129 e. The molecule has 2 aromatic rings. The summed E-state index contributed by atoms with van der Waals surface area (Å²) in [6.45, 7) is 0.826. The van der Waals surface area contributed by atoms with Gasteiger partial charge in [0.05, 0.1) is 15.8 Å². The number of benzene rings is 1. The molecule has 0 saturated carbocycles. The summed E-state index contributed by atoms with van der Waals surface area (Å²) in [6, 6.07) is 7.53. The molecule has 1 aliphatic heterocycles. The van der Waals surface area contributed by atoms with Crippen LogP contribution < -0.4 is 0 Å². The highest BCUT2D eigenvalue weighted by Crippen LogP contribution is 2.25. The van der Waals surface area contributed by atoms with E-state index in [1.165, 1.54) is 5.56 Å².